The SMILES string of the molecule is CNC(=O)c1cc(S(=O)(=O)N2CCC(C(C)O)C2)cn1C. The van der Waals surface area contributed by atoms with Crippen LogP contribution in [0.15, 0.2) is 17.2 Å². The van der Waals surface area contributed by atoms with E-state index >= 15 is 0 Å². The number of aryl methyl sites for hydroxylation is 1. The number of hydrogen-bond donors (Lipinski definition) is 2. The largest absolute Gasteiger partial charge is 0.393 e. The van der Waals surface area contributed by atoms with Crippen molar-refractivity contribution in [3.8, 4) is 0 Å². The Balaban J connectivity index is 2.27. The summed E-state index contributed by atoms with van der Waals surface area (Å²) in [6.07, 6.45) is 1.56. The van der Waals surface area contributed by atoms with Crippen molar-refractivity contribution in [1.29, 1.82) is 0 Å². The zero-order valence-electron chi connectivity index (χ0n) is 12.4. The second kappa shape index (κ2) is 5.78. The first kappa shape index (κ1) is 16.0. The van der Waals surface area contributed by atoms with Gasteiger partial charge in [-0.3, -0.25) is 4.79 Å². The van der Waals surface area contributed by atoms with Crippen LogP contribution < -0.4 is 5.32 Å². The molecule has 118 valence electrons. The minimum Gasteiger partial charge on any atom is -0.393 e. The number of hydrogen-bond acceptors (Lipinski definition) is 4. The number of carbonyl (C=O) groups excluding carboxylic acids is 1. The highest BCUT2D eigenvalue weighted by atomic mass is 32.2. The molecule has 2 rings (SSSR count). The zero-order chi connectivity index (χ0) is 15.8. The van der Waals surface area contributed by atoms with Gasteiger partial charge in [-0.25, -0.2) is 8.42 Å². The van der Waals surface area contributed by atoms with E-state index in [0.717, 1.165) is 0 Å². The van der Waals surface area contributed by atoms with Gasteiger partial charge in [0.25, 0.3) is 5.91 Å². The average molecular weight is 315 g/mol. The van der Waals surface area contributed by atoms with Crippen molar-refractivity contribution in [1.82, 2.24) is 14.2 Å². The standard InChI is InChI=1S/C13H21N3O4S/c1-9(17)10-4-5-16(7-10)21(19,20)11-6-12(13(18)14-2)15(3)8-11/h6,8-10,17H,4-5,7H2,1-3H3,(H,14,18). The van der Waals surface area contributed by atoms with E-state index in [1.807, 2.05) is 0 Å². The molecule has 0 spiro atoms. The highest BCUT2D eigenvalue weighted by Crippen LogP contribution is 2.27. The monoisotopic (exact) mass is 315 g/mol. The maximum atomic E-state index is 12.6. The van der Waals surface area contributed by atoms with Crippen molar-refractivity contribution in [3.05, 3.63) is 18.0 Å². The molecule has 0 aliphatic carbocycles. The van der Waals surface area contributed by atoms with Crippen LogP contribution in [0.1, 0.15) is 23.8 Å². The van der Waals surface area contributed by atoms with E-state index in [0.29, 0.717) is 25.2 Å². The highest BCUT2D eigenvalue weighted by molar-refractivity contribution is 7.89. The molecular formula is C13H21N3O4S. The molecule has 1 aromatic rings. The van der Waals surface area contributed by atoms with Crippen molar-refractivity contribution in [3.63, 3.8) is 0 Å². The molecule has 0 saturated carbocycles. The number of aliphatic hydroxyl groups is 1. The summed E-state index contributed by atoms with van der Waals surface area (Å²) >= 11 is 0. The van der Waals surface area contributed by atoms with Gasteiger partial charge in [0.15, 0.2) is 0 Å². The molecule has 2 N–H and O–H groups in total. The van der Waals surface area contributed by atoms with Crippen molar-refractivity contribution in [2.75, 3.05) is 20.1 Å². The lowest BCUT2D eigenvalue weighted by molar-refractivity contribution is 0.0955. The molecule has 1 aromatic heterocycles. The average Bonchev–Trinajstić information content (AvgIpc) is 3.04. The lowest BCUT2D eigenvalue weighted by Crippen LogP contribution is -2.30. The number of sulfonamides is 1. The normalized spacial score (nSPS) is 21.4. The highest BCUT2D eigenvalue weighted by Gasteiger charge is 2.35. The summed E-state index contributed by atoms with van der Waals surface area (Å²) in [6, 6.07) is 1.38. The van der Waals surface area contributed by atoms with E-state index in [4.69, 9.17) is 0 Å². The molecule has 1 fully saturated rings. The predicted octanol–water partition coefficient (Wildman–Crippen LogP) is -0.224. The molecule has 7 nitrogen and oxygen atoms in total. The molecule has 2 atom stereocenters. The van der Waals surface area contributed by atoms with Crippen LogP contribution in [0.4, 0.5) is 0 Å². The molecule has 2 unspecified atom stereocenters. The predicted molar refractivity (Wildman–Crippen MR) is 77.3 cm³/mol. The Morgan fingerprint density at radius 1 is 1.52 bits per heavy atom. The van der Waals surface area contributed by atoms with Gasteiger partial charge < -0.3 is 15.0 Å². The van der Waals surface area contributed by atoms with Gasteiger partial charge in [-0.1, -0.05) is 0 Å². The van der Waals surface area contributed by atoms with E-state index in [1.165, 1.54) is 28.2 Å². The Morgan fingerprint density at radius 2 is 2.19 bits per heavy atom. The summed E-state index contributed by atoms with van der Waals surface area (Å²) < 4.78 is 28.0. The Morgan fingerprint density at radius 3 is 2.71 bits per heavy atom. The van der Waals surface area contributed by atoms with Crippen LogP contribution in [0.2, 0.25) is 0 Å². The van der Waals surface area contributed by atoms with Crippen LogP contribution in [0.25, 0.3) is 0 Å². The van der Waals surface area contributed by atoms with Crippen molar-refractivity contribution in [2.45, 2.75) is 24.3 Å². The first-order chi connectivity index (χ1) is 9.77. The number of nitrogens with one attached hydrogen (secondary N) is 1. The third kappa shape index (κ3) is 2.97. The smallest absolute Gasteiger partial charge is 0.267 e. The van der Waals surface area contributed by atoms with Gasteiger partial charge in [-0.15, -0.1) is 0 Å². The third-order valence-electron chi connectivity index (χ3n) is 3.95. The van der Waals surface area contributed by atoms with Crippen LogP contribution in [0.3, 0.4) is 0 Å². The van der Waals surface area contributed by atoms with Crippen LogP contribution >= 0.6 is 0 Å². The second-order valence-electron chi connectivity index (χ2n) is 5.40. The number of aliphatic hydroxyl groups excluding tert-OH is 1. The Bertz CT molecular complexity index is 636. The van der Waals surface area contributed by atoms with Gasteiger partial charge in [-0.2, -0.15) is 4.31 Å². The van der Waals surface area contributed by atoms with Gasteiger partial charge >= 0.3 is 0 Å². The van der Waals surface area contributed by atoms with Crippen molar-refractivity contribution >= 4 is 15.9 Å². The molecule has 0 bridgehead atoms. The molecule has 0 aromatic carbocycles. The van der Waals surface area contributed by atoms with Crippen LogP contribution in [-0.2, 0) is 17.1 Å². The molecular weight excluding hydrogens is 294 g/mol. The molecule has 1 amide bonds. The summed E-state index contributed by atoms with van der Waals surface area (Å²) in [5.74, 6) is -0.371. The fourth-order valence-corrected chi connectivity index (χ4v) is 4.13. The van der Waals surface area contributed by atoms with E-state index in [9.17, 15) is 18.3 Å². The summed E-state index contributed by atoms with van der Waals surface area (Å²) in [5, 5.41) is 12.1. The quantitative estimate of drug-likeness (QED) is 0.803. The van der Waals surface area contributed by atoms with Gasteiger partial charge in [0.2, 0.25) is 10.0 Å². The fraction of sp³-hybridized carbons (Fsp3) is 0.615. The summed E-state index contributed by atoms with van der Waals surface area (Å²) in [6.45, 7) is 2.37. The molecule has 1 aliphatic heterocycles. The van der Waals surface area contributed by atoms with Crippen LogP contribution in [0.5, 0.6) is 0 Å². The van der Waals surface area contributed by atoms with Gasteiger partial charge in [0.1, 0.15) is 10.6 Å². The number of aromatic nitrogens is 1. The zero-order valence-corrected chi connectivity index (χ0v) is 13.2. The number of nitrogens with zero attached hydrogens (tertiary/aromatic N) is 2. The van der Waals surface area contributed by atoms with Gasteiger partial charge in [0, 0.05) is 33.4 Å². The first-order valence-electron chi connectivity index (χ1n) is 6.84. The second-order valence-corrected chi connectivity index (χ2v) is 7.34. The molecule has 8 heteroatoms. The van der Waals surface area contributed by atoms with Gasteiger partial charge in [-0.05, 0) is 25.3 Å². The maximum absolute atomic E-state index is 12.6. The minimum absolute atomic E-state index is 0.0399. The molecule has 0 radical (unpaired) electrons. The lowest BCUT2D eigenvalue weighted by Gasteiger charge is -2.16. The van der Waals surface area contributed by atoms with E-state index in [2.05, 4.69) is 5.32 Å². The molecule has 2 heterocycles. The fourth-order valence-electron chi connectivity index (χ4n) is 2.54. The van der Waals surface area contributed by atoms with Crippen LogP contribution in [-0.4, -0.2) is 54.5 Å². The summed E-state index contributed by atoms with van der Waals surface area (Å²) in [5.41, 5.74) is 0.294. The number of amides is 1. The summed E-state index contributed by atoms with van der Waals surface area (Å²) in [4.78, 5) is 11.8. The van der Waals surface area contributed by atoms with Crippen LogP contribution in [0, 0.1) is 5.92 Å². The van der Waals surface area contributed by atoms with Crippen molar-refractivity contribution in [2.24, 2.45) is 13.0 Å². The van der Waals surface area contributed by atoms with Crippen molar-refractivity contribution < 1.29 is 18.3 Å². The Kier molecular flexibility index (Phi) is 4.40. The molecule has 1 aliphatic rings. The summed E-state index contributed by atoms with van der Waals surface area (Å²) in [7, 11) is -0.499. The Labute approximate surface area is 124 Å². The van der Waals surface area contributed by atoms with Gasteiger partial charge in [0.05, 0.1) is 6.10 Å². The Hall–Kier alpha value is -1.38. The topological polar surface area (TPSA) is 91.6 Å². The lowest BCUT2D eigenvalue weighted by atomic mass is 10.0. The van der Waals surface area contributed by atoms with E-state index in [-0.39, 0.29) is 16.7 Å². The third-order valence-corrected chi connectivity index (χ3v) is 5.78. The minimum atomic E-state index is -3.63. The van der Waals surface area contributed by atoms with E-state index < -0.39 is 16.1 Å². The molecule has 1 saturated heterocycles. The number of carbonyl (C=O) groups is 1. The maximum Gasteiger partial charge on any atom is 0.267 e. The molecule has 21 heavy (non-hydrogen) atoms. The van der Waals surface area contributed by atoms with E-state index in [1.54, 1.807) is 14.0 Å². The number of rotatable bonds is 4. The first-order valence-corrected chi connectivity index (χ1v) is 8.28.